The summed E-state index contributed by atoms with van der Waals surface area (Å²) < 4.78 is 0. The van der Waals surface area contributed by atoms with Crippen molar-refractivity contribution < 1.29 is 4.79 Å². The summed E-state index contributed by atoms with van der Waals surface area (Å²) in [7, 11) is 0. The molecule has 4 heteroatoms. The van der Waals surface area contributed by atoms with Crippen LogP contribution in [0, 0.1) is 6.92 Å². The maximum atomic E-state index is 10.5. The molecule has 3 nitrogen and oxygen atoms in total. The van der Waals surface area contributed by atoms with Crippen LogP contribution < -0.4 is 0 Å². The van der Waals surface area contributed by atoms with Crippen LogP contribution in [0.3, 0.4) is 0 Å². The Morgan fingerprint density at radius 1 is 1.89 bits per heavy atom. The van der Waals surface area contributed by atoms with Crippen molar-refractivity contribution in [2.24, 2.45) is 0 Å². The second-order valence-electron chi connectivity index (χ2n) is 1.51. The number of nitrogens with zero attached hydrogens (tertiary/aromatic N) is 1. The normalized spacial score (nSPS) is 9.56. The first-order chi connectivity index (χ1) is 4.22. The zero-order chi connectivity index (χ0) is 6.85. The Morgan fingerprint density at radius 2 is 2.56 bits per heavy atom. The van der Waals surface area contributed by atoms with Crippen LogP contribution in [0.1, 0.15) is 10.4 Å². The lowest BCUT2D eigenvalue weighted by Crippen LogP contribution is -1.88. The minimum Gasteiger partial charge on any atom is -0.294 e. The van der Waals surface area contributed by atoms with Gasteiger partial charge in [0.1, 0.15) is 0 Å². The molecule has 0 amide bonds. The molecule has 0 aromatic carbocycles. The number of carbonyl (C=O) groups excluding carboxylic acids is 1. The van der Waals surface area contributed by atoms with Crippen molar-refractivity contribution in [2.45, 2.75) is 0 Å². The molecular weight excluding hydrogens is 140 g/mol. The summed E-state index contributed by atoms with van der Waals surface area (Å²) in [5, 5.41) is 6.13. The van der Waals surface area contributed by atoms with E-state index in [1.807, 2.05) is 0 Å². The van der Waals surface area contributed by atoms with Crippen LogP contribution in [0.4, 0.5) is 0 Å². The summed E-state index contributed by atoms with van der Waals surface area (Å²) >= 11 is 5.43. The molecule has 0 atom stereocenters. The third-order valence-corrected chi connectivity index (χ3v) is 1.18. The predicted octanol–water partition coefficient (Wildman–Crippen LogP) is 1.08. The van der Waals surface area contributed by atoms with Crippen LogP contribution in [0.2, 0.25) is 5.15 Å². The zero-order valence-electron chi connectivity index (χ0n) is 4.52. The Bertz CT molecular complexity index is 231. The van der Waals surface area contributed by atoms with Crippen molar-refractivity contribution in [1.29, 1.82) is 0 Å². The van der Waals surface area contributed by atoms with Crippen LogP contribution in [-0.2, 0) is 0 Å². The average Bonchev–Trinajstić information content (AvgIpc) is 2.13. The molecule has 1 aromatic heterocycles. The summed E-state index contributed by atoms with van der Waals surface area (Å²) in [6.45, 7) is 3.16. The highest BCUT2D eigenvalue weighted by Gasteiger charge is 2.05. The average molecular weight is 144 g/mol. The predicted molar refractivity (Wildman–Crippen MR) is 33.3 cm³/mol. The molecule has 0 unspecified atom stereocenters. The number of aromatic nitrogens is 2. The van der Waals surface area contributed by atoms with Crippen molar-refractivity contribution >= 4 is 17.4 Å². The van der Waals surface area contributed by atoms with Gasteiger partial charge < -0.3 is 0 Å². The molecular formula is C5H4ClN2O. The van der Waals surface area contributed by atoms with Crippen LogP contribution in [-0.4, -0.2) is 16.0 Å². The number of hydrogen-bond acceptors (Lipinski definition) is 2. The lowest BCUT2D eigenvalue weighted by Gasteiger charge is -1.83. The molecule has 0 fully saturated rings. The van der Waals surface area contributed by atoms with Gasteiger partial charge in [-0.15, -0.1) is 0 Å². The maximum absolute atomic E-state index is 10.5. The second kappa shape index (κ2) is 2.19. The summed E-state index contributed by atoms with van der Waals surface area (Å²) in [5.74, 6) is -0.325. The fourth-order valence-electron chi connectivity index (χ4n) is 0.469. The Hall–Kier alpha value is -0.830. The molecule has 1 rings (SSSR count). The van der Waals surface area contributed by atoms with Gasteiger partial charge in [-0.3, -0.25) is 9.89 Å². The molecule has 47 valence electrons. The first kappa shape index (κ1) is 6.29. The Morgan fingerprint density at radius 3 is 2.78 bits per heavy atom. The van der Waals surface area contributed by atoms with Crippen LogP contribution in [0.25, 0.3) is 0 Å². The number of ketones is 1. The number of H-pyrrole nitrogens is 1. The molecule has 0 saturated carbocycles. The third-order valence-electron chi connectivity index (χ3n) is 0.894. The van der Waals surface area contributed by atoms with E-state index in [4.69, 9.17) is 11.6 Å². The van der Waals surface area contributed by atoms with Crippen molar-refractivity contribution in [3.05, 3.63) is 23.8 Å². The molecule has 1 N–H and O–H groups in total. The smallest absolute Gasteiger partial charge is 0.168 e. The van der Waals surface area contributed by atoms with Gasteiger partial charge in [0, 0.05) is 13.1 Å². The standard InChI is InChI=1S/C5H4ClN2O/c1-3(9)4-2-7-8-5(4)6/h2H,1H2,(H,7,8). The SMILES string of the molecule is [CH2]C(=O)c1c[nH]nc1Cl. The van der Waals surface area contributed by atoms with Gasteiger partial charge >= 0.3 is 0 Å². The van der Waals surface area contributed by atoms with Gasteiger partial charge in [-0.25, -0.2) is 0 Å². The Balaban J connectivity index is 3.08. The number of Topliss-reactive ketones (excluding diaryl/α,β-unsaturated/α-hetero) is 1. The number of aromatic amines is 1. The maximum Gasteiger partial charge on any atom is 0.168 e. The molecule has 9 heavy (non-hydrogen) atoms. The lowest BCUT2D eigenvalue weighted by atomic mass is 10.3. The highest BCUT2D eigenvalue weighted by Crippen LogP contribution is 2.10. The van der Waals surface area contributed by atoms with Gasteiger partial charge in [0.25, 0.3) is 0 Å². The topological polar surface area (TPSA) is 45.8 Å². The Kier molecular flexibility index (Phi) is 1.53. The van der Waals surface area contributed by atoms with Crippen molar-refractivity contribution in [2.75, 3.05) is 0 Å². The fourth-order valence-corrected chi connectivity index (χ4v) is 0.678. The zero-order valence-corrected chi connectivity index (χ0v) is 5.27. The molecule has 0 aliphatic rings. The number of carbonyl (C=O) groups is 1. The summed E-state index contributed by atoms with van der Waals surface area (Å²) in [5.41, 5.74) is 0.330. The van der Waals surface area contributed by atoms with Crippen LogP contribution >= 0.6 is 11.6 Å². The van der Waals surface area contributed by atoms with E-state index in [0.29, 0.717) is 5.56 Å². The molecule has 0 spiro atoms. The van der Waals surface area contributed by atoms with Crippen LogP contribution in [0.15, 0.2) is 6.20 Å². The van der Waals surface area contributed by atoms with Crippen molar-refractivity contribution in [3.8, 4) is 0 Å². The lowest BCUT2D eigenvalue weighted by molar-refractivity contribution is 0.104. The van der Waals surface area contributed by atoms with Crippen molar-refractivity contribution in [1.82, 2.24) is 10.2 Å². The highest BCUT2D eigenvalue weighted by atomic mass is 35.5. The number of halogens is 1. The second-order valence-corrected chi connectivity index (χ2v) is 1.87. The molecule has 0 saturated heterocycles. The van der Waals surface area contributed by atoms with Gasteiger partial charge in [0.2, 0.25) is 0 Å². The number of nitrogens with one attached hydrogen (secondary N) is 1. The van der Waals surface area contributed by atoms with E-state index >= 15 is 0 Å². The minimum absolute atomic E-state index is 0.176. The summed E-state index contributed by atoms with van der Waals surface area (Å²) in [4.78, 5) is 10.5. The van der Waals surface area contributed by atoms with E-state index in [9.17, 15) is 4.79 Å². The summed E-state index contributed by atoms with van der Waals surface area (Å²) in [6.07, 6.45) is 1.41. The van der Waals surface area contributed by atoms with E-state index in [-0.39, 0.29) is 10.9 Å². The van der Waals surface area contributed by atoms with E-state index in [1.54, 1.807) is 0 Å². The quantitative estimate of drug-likeness (QED) is 0.598. The Labute approximate surface area is 57.0 Å². The van der Waals surface area contributed by atoms with E-state index in [0.717, 1.165) is 0 Å². The number of hydrogen-bond donors (Lipinski definition) is 1. The van der Waals surface area contributed by atoms with Gasteiger partial charge in [0.15, 0.2) is 10.9 Å². The molecule has 0 bridgehead atoms. The molecule has 0 aliphatic carbocycles. The molecule has 1 radical (unpaired) electrons. The largest absolute Gasteiger partial charge is 0.294 e. The first-order valence-electron chi connectivity index (χ1n) is 2.27. The van der Waals surface area contributed by atoms with E-state index in [2.05, 4.69) is 17.1 Å². The first-order valence-corrected chi connectivity index (χ1v) is 2.65. The molecule has 0 aliphatic heterocycles. The van der Waals surface area contributed by atoms with Gasteiger partial charge in [-0.05, 0) is 0 Å². The van der Waals surface area contributed by atoms with Crippen molar-refractivity contribution in [3.63, 3.8) is 0 Å². The molecule has 1 aromatic rings. The van der Waals surface area contributed by atoms with Gasteiger partial charge in [0.05, 0.1) is 5.56 Å². The number of rotatable bonds is 1. The van der Waals surface area contributed by atoms with E-state index in [1.165, 1.54) is 6.20 Å². The molecule has 1 heterocycles. The van der Waals surface area contributed by atoms with Crippen LogP contribution in [0.5, 0.6) is 0 Å². The third kappa shape index (κ3) is 1.10. The van der Waals surface area contributed by atoms with E-state index < -0.39 is 0 Å². The minimum atomic E-state index is -0.325. The monoisotopic (exact) mass is 143 g/mol. The van der Waals surface area contributed by atoms with Gasteiger partial charge in [-0.1, -0.05) is 11.6 Å². The van der Waals surface area contributed by atoms with Gasteiger partial charge in [-0.2, -0.15) is 5.10 Å². The fraction of sp³-hybridized carbons (Fsp3) is 0. The summed E-state index contributed by atoms with van der Waals surface area (Å²) in [6, 6.07) is 0. The highest BCUT2D eigenvalue weighted by molar-refractivity contribution is 6.32.